The summed E-state index contributed by atoms with van der Waals surface area (Å²) in [6.07, 6.45) is 5.98. The van der Waals surface area contributed by atoms with Crippen LogP contribution in [0.25, 0.3) is 0 Å². The molecule has 2 nitrogen and oxygen atoms in total. The van der Waals surface area contributed by atoms with Crippen molar-refractivity contribution in [1.29, 1.82) is 0 Å². The van der Waals surface area contributed by atoms with Crippen LogP contribution >= 0.6 is 0 Å². The van der Waals surface area contributed by atoms with E-state index in [0.29, 0.717) is 5.41 Å². The van der Waals surface area contributed by atoms with Gasteiger partial charge < -0.3 is 10.4 Å². The van der Waals surface area contributed by atoms with Crippen molar-refractivity contribution in [2.45, 2.75) is 52.1 Å². The quantitative estimate of drug-likeness (QED) is 0.622. The molecular weight excluding hydrogens is 174 g/mol. The van der Waals surface area contributed by atoms with Gasteiger partial charge in [-0.25, -0.2) is 0 Å². The first-order chi connectivity index (χ1) is 6.54. The first-order valence-corrected chi connectivity index (χ1v) is 5.93. The van der Waals surface area contributed by atoms with Crippen LogP contribution in [0.4, 0.5) is 0 Å². The normalized spacial score (nSPS) is 42.6. The predicted molar refractivity (Wildman–Crippen MR) is 58.2 cm³/mol. The first-order valence-electron chi connectivity index (χ1n) is 5.93. The Morgan fingerprint density at radius 2 is 2.07 bits per heavy atom. The Bertz CT molecular complexity index is 206. The van der Waals surface area contributed by atoms with E-state index >= 15 is 0 Å². The molecule has 2 rings (SSSR count). The lowest BCUT2D eigenvalue weighted by atomic mass is 9.60. The average Bonchev–Trinajstić information content (AvgIpc) is 2.13. The molecule has 2 unspecified atom stereocenters. The standard InChI is InChI=1S/C12H23NO/c1-11(2)8-12(6-4-10(11)14)5-3-7-13-9-12/h10,13-14H,3-9H2,1-2H3. The maximum absolute atomic E-state index is 9.93. The Labute approximate surface area is 87.1 Å². The highest BCUT2D eigenvalue weighted by Crippen LogP contribution is 2.49. The van der Waals surface area contributed by atoms with E-state index in [-0.39, 0.29) is 11.5 Å². The third kappa shape index (κ3) is 1.82. The van der Waals surface area contributed by atoms with Crippen molar-refractivity contribution in [3.05, 3.63) is 0 Å². The van der Waals surface area contributed by atoms with Gasteiger partial charge in [-0.15, -0.1) is 0 Å². The van der Waals surface area contributed by atoms with Crippen LogP contribution in [-0.4, -0.2) is 24.3 Å². The van der Waals surface area contributed by atoms with Crippen LogP contribution in [0.5, 0.6) is 0 Å². The molecule has 1 spiro atoms. The van der Waals surface area contributed by atoms with Gasteiger partial charge in [-0.05, 0) is 49.5 Å². The van der Waals surface area contributed by atoms with E-state index in [1.54, 1.807) is 0 Å². The summed E-state index contributed by atoms with van der Waals surface area (Å²) in [7, 11) is 0. The molecule has 1 aliphatic heterocycles. The second kappa shape index (κ2) is 3.49. The van der Waals surface area contributed by atoms with E-state index in [0.717, 1.165) is 6.42 Å². The van der Waals surface area contributed by atoms with Crippen LogP contribution in [0.3, 0.4) is 0 Å². The Morgan fingerprint density at radius 3 is 2.64 bits per heavy atom. The molecular formula is C12H23NO. The molecule has 0 amide bonds. The summed E-state index contributed by atoms with van der Waals surface area (Å²) < 4.78 is 0. The van der Waals surface area contributed by atoms with Gasteiger partial charge in [0.05, 0.1) is 6.10 Å². The second-order valence-corrected chi connectivity index (χ2v) is 6.00. The highest BCUT2D eigenvalue weighted by molar-refractivity contribution is 4.97. The lowest BCUT2D eigenvalue weighted by Gasteiger charge is -2.49. The highest BCUT2D eigenvalue weighted by atomic mass is 16.3. The number of aliphatic hydroxyl groups excluding tert-OH is 1. The van der Waals surface area contributed by atoms with Crippen molar-refractivity contribution in [1.82, 2.24) is 5.32 Å². The average molecular weight is 197 g/mol. The lowest BCUT2D eigenvalue weighted by Crippen LogP contribution is -2.49. The van der Waals surface area contributed by atoms with Crippen molar-refractivity contribution in [2.75, 3.05) is 13.1 Å². The van der Waals surface area contributed by atoms with Crippen molar-refractivity contribution in [3.8, 4) is 0 Å². The van der Waals surface area contributed by atoms with Crippen LogP contribution in [0, 0.1) is 10.8 Å². The van der Waals surface area contributed by atoms with E-state index < -0.39 is 0 Å². The number of hydrogen-bond donors (Lipinski definition) is 2. The van der Waals surface area contributed by atoms with E-state index in [1.807, 2.05) is 0 Å². The number of aliphatic hydroxyl groups is 1. The van der Waals surface area contributed by atoms with Crippen molar-refractivity contribution >= 4 is 0 Å². The summed E-state index contributed by atoms with van der Waals surface area (Å²) in [4.78, 5) is 0. The molecule has 1 saturated carbocycles. The van der Waals surface area contributed by atoms with Gasteiger partial charge in [0.2, 0.25) is 0 Å². The molecule has 1 aliphatic carbocycles. The van der Waals surface area contributed by atoms with Gasteiger partial charge in [-0.1, -0.05) is 13.8 Å². The third-order valence-electron chi connectivity index (χ3n) is 4.24. The smallest absolute Gasteiger partial charge is 0.0591 e. The van der Waals surface area contributed by atoms with E-state index in [4.69, 9.17) is 0 Å². The molecule has 2 atom stereocenters. The fourth-order valence-corrected chi connectivity index (χ4v) is 3.40. The molecule has 2 N–H and O–H groups in total. The molecule has 1 saturated heterocycles. The number of piperidine rings is 1. The Balaban J connectivity index is 2.07. The zero-order valence-corrected chi connectivity index (χ0v) is 9.47. The summed E-state index contributed by atoms with van der Waals surface area (Å²) in [5.41, 5.74) is 0.623. The number of nitrogens with one attached hydrogen (secondary N) is 1. The van der Waals surface area contributed by atoms with Crippen LogP contribution in [0.1, 0.15) is 46.0 Å². The summed E-state index contributed by atoms with van der Waals surface area (Å²) in [5.74, 6) is 0. The molecule has 0 radical (unpaired) electrons. The summed E-state index contributed by atoms with van der Waals surface area (Å²) >= 11 is 0. The highest BCUT2D eigenvalue weighted by Gasteiger charge is 2.44. The van der Waals surface area contributed by atoms with E-state index in [9.17, 15) is 5.11 Å². The largest absolute Gasteiger partial charge is 0.393 e. The van der Waals surface area contributed by atoms with Gasteiger partial charge in [0.25, 0.3) is 0 Å². The van der Waals surface area contributed by atoms with Gasteiger partial charge in [0.1, 0.15) is 0 Å². The molecule has 82 valence electrons. The fraction of sp³-hybridized carbons (Fsp3) is 1.00. The van der Waals surface area contributed by atoms with Gasteiger partial charge in [0, 0.05) is 6.54 Å². The van der Waals surface area contributed by atoms with Crippen molar-refractivity contribution in [3.63, 3.8) is 0 Å². The molecule has 2 fully saturated rings. The van der Waals surface area contributed by atoms with Gasteiger partial charge in [0.15, 0.2) is 0 Å². The van der Waals surface area contributed by atoms with Crippen LogP contribution in [-0.2, 0) is 0 Å². The van der Waals surface area contributed by atoms with Crippen molar-refractivity contribution < 1.29 is 5.11 Å². The topological polar surface area (TPSA) is 32.3 Å². The molecule has 2 heteroatoms. The number of rotatable bonds is 0. The minimum atomic E-state index is -0.0879. The second-order valence-electron chi connectivity index (χ2n) is 6.00. The molecule has 1 heterocycles. The minimum absolute atomic E-state index is 0.0879. The van der Waals surface area contributed by atoms with Crippen LogP contribution in [0.15, 0.2) is 0 Å². The van der Waals surface area contributed by atoms with E-state index in [1.165, 1.54) is 38.8 Å². The molecule has 0 aromatic carbocycles. The Morgan fingerprint density at radius 1 is 1.29 bits per heavy atom. The minimum Gasteiger partial charge on any atom is -0.393 e. The third-order valence-corrected chi connectivity index (χ3v) is 4.24. The van der Waals surface area contributed by atoms with Gasteiger partial charge in [-0.2, -0.15) is 0 Å². The predicted octanol–water partition coefficient (Wildman–Crippen LogP) is 1.93. The van der Waals surface area contributed by atoms with Gasteiger partial charge in [-0.3, -0.25) is 0 Å². The number of hydrogen-bond acceptors (Lipinski definition) is 2. The summed E-state index contributed by atoms with van der Waals surface area (Å²) in [6, 6.07) is 0. The van der Waals surface area contributed by atoms with Crippen LogP contribution < -0.4 is 5.32 Å². The lowest BCUT2D eigenvalue weighted by molar-refractivity contribution is -0.0509. The molecule has 0 aromatic rings. The maximum atomic E-state index is 9.93. The first kappa shape index (κ1) is 10.4. The Hall–Kier alpha value is -0.0800. The van der Waals surface area contributed by atoms with Crippen molar-refractivity contribution in [2.24, 2.45) is 10.8 Å². The molecule has 0 aromatic heterocycles. The monoisotopic (exact) mass is 197 g/mol. The maximum Gasteiger partial charge on any atom is 0.0591 e. The van der Waals surface area contributed by atoms with E-state index in [2.05, 4.69) is 19.2 Å². The zero-order valence-electron chi connectivity index (χ0n) is 9.47. The molecule has 0 bridgehead atoms. The molecule has 14 heavy (non-hydrogen) atoms. The zero-order chi connectivity index (χ0) is 10.2. The summed E-state index contributed by atoms with van der Waals surface area (Å²) in [5, 5.41) is 13.4. The van der Waals surface area contributed by atoms with Crippen LogP contribution in [0.2, 0.25) is 0 Å². The van der Waals surface area contributed by atoms with Gasteiger partial charge >= 0.3 is 0 Å². The SMILES string of the molecule is CC1(C)CC2(CCCNC2)CCC1O. The fourth-order valence-electron chi connectivity index (χ4n) is 3.40. The Kier molecular flexibility index (Phi) is 2.61. The summed E-state index contributed by atoms with van der Waals surface area (Å²) in [6.45, 7) is 6.79. The molecule has 2 aliphatic rings.